The van der Waals surface area contributed by atoms with Crippen LogP contribution in [0.4, 0.5) is 0 Å². The predicted molar refractivity (Wildman–Crippen MR) is 66.2 cm³/mol. The van der Waals surface area contributed by atoms with Crippen LogP contribution in [0.5, 0.6) is 0 Å². The predicted octanol–water partition coefficient (Wildman–Crippen LogP) is 2.02. The summed E-state index contributed by atoms with van der Waals surface area (Å²) in [5.41, 5.74) is 0. The van der Waals surface area contributed by atoms with E-state index >= 15 is 0 Å². The first kappa shape index (κ1) is 12.1. The Kier molecular flexibility index (Phi) is 3.61. The summed E-state index contributed by atoms with van der Waals surface area (Å²) in [5.74, 6) is 2.50. The summed E-state index contributed by atoms with van der Waals surface area (Å²) in [6, 6.07) is 0. The normalized spacial score (nSPS) is 26.2. The van der Waals surface area contributed by atoms with Gasteiger partial charge in [-0.05, 0) is 45.1 Å². The average molecular weight is 251 g/mol. The average Bonchev–Trinajstić information content (AvgIpc) is 3.14. The molecule has 5 heteroatoms. The molecule has 0 spiro atoms. The zero-order valence-corrected chi connectivity index (χ0v) is 10.9. The zero-order valence-electron chi connectivity index (χ0n) is 10.9. The molecule has 1 unspecified atom stereocenters. The van der Waals surface area contributed by atoms with Gasteiger partial charge in [0, 0.05) is 13.2 Å². The zero-order chi connectivity index (χ0) is 12.4. The number of nitrogens with one attached hydrogen (secondary N) is 1. The van der Waals surface area contributed by atoms with Crippen LogP contribution in [0, 0.1) is 5.92 Å². The SMILES string of the molecule is CCOC(c1noc([C@H]2CCCNC2)n1)C1CC1. The van der Waals surface area contributed by atoms with Gasteiger partial charge >= 0.3 is 0 Å². The van der Waals surface area contributed by atoms with Crippen LogP contribution in [0.3, 0.4) is 0 Å². The first-order valence-corrected chi connectivity index (χ1v) is 7.04. The van der Waals surface area contributed by atoms with E-state index in [4.69, 9.17) is 9.26 Å². The van der Waals surface area contributed by atoms with Crippen molar-refractivity contribution in [1.29, 1.82) is 0 Å². The molecule has 0 amide bonds. The van der Waals surface area contributed by atoms with Crippen LogP contribution >= 0.6 is 0 Å². The molecule has 0 aromatic carbocycles. The van der Waals surface area contributed by atoms with Crippen molar-refractivity contribution < 1.29 is 9.26 Å². The number of piperidine rings is 1. The number of rotatable bonds is 5. The molecule has 2 aliphatic rings. The molecule has 2 heterocycles. The lowest BCUT2D eigenvalue weighted by Crippen LogP contribution is -2.28. The molecule has 2 atom stereocenters. The second-order valence-electron chi connectivity index (χ2n) is 5.25. The van der Waals surface area contributed by atoms with E-state index in [0.717, 1.165) is 31.2 Å². The number of hydrogen-bond donors (Lipinski definition) is 1. The molecule has 1 aliphatic heterocycles. The molecule has 1 saturated heterocycles. The molecular formula is C13H21N3O2. The van der Waals surface area contributed by atoms with E-state index in [9.17, 15) is 0 Å². The molecule has 1 aromatic heterocycles. The van der Waals surface area contributed by atoms with Gasteiger partial charge in [0.1, 0.15) is 6.10 Å². The third kappa shape index (κ3) is 2.57. The van der Waals surface area contributed by atoms with Crippen molar-refractivity contribution in [2.45, 2.75) is 44.6 Å². The molecule has 1 N–H and O–H groups in total. The Labute approximate surface area is 107 Å². The highest BCUT2D eigenvalue weighted by molar-refractivity contribution is 5.02. The van der Waals surface area contributed by atoms with E-state index in [1.165, 1.54) is 19.3 Å². The molecule has 18 heavy (non-hydrogen) atoms. The van der Waals surface area contributed by atoms with Crippen molar-refractivity contribution in [2.24, 2.45) is 5.92 Å². The van der Waals surface area contributed by atoms with Gasteiger partial charge in [-0.2, -0.15) is 4.98 Å². The maximum absolute atomic E-state index is 5.75. The Balaban J connectivity index is 1.70. The fourth-order valence-corrected chi connectivity index (χ4v) is 2.59. The van der Waals surface area contributed by atoms with Crippen molar-refractivity contribution in [3.63, 3.8) is 0 Å². The molecule has 3 rings (SSSR count). The van der Waals surface area contributed by atoms with Crippen LogP contribution < -0.4 is 5.32 Å². The monoisotopic (exact) mass is 251 g/mol. The largest absolute Gasteiger partial charge is 0.370 e. The number of nitrogens with zero attached hydrogens (tertiary/aromatic N) is 2. The summed E-state index contributed by atoms with van der Waals surface area (Å²) >= 11 is 0. The summed E-state index contributed by atoms with van der Waals surface area (Å²) in [6.07, 6.45) is 4.81. The molecule has 2 fully saturated rings. The molecule has 1 saturated carbocycles. The minimum absolute atomic E-state index is 0.0454. The second kappa shape index (κ2) is 5.36. The Bertz CT molecular complexity index is 383. The van der Waals surface area contributed by atoms with Gasteiger partial charge in [0.2, 0.25) is 11.7 Å². The van der Waals surface area contributed by atoms with Gasteiger partial charge in [0.25, 0.3) is 0 Å². The van der Waals surface area contributed by atoms with Crippen LogP contribution in [0.1, 0.15) is 56.3 Å². The summed E-state index contributed by atoms with van der Waals surface area (Å²) in [5, 5.41) is 7.51. The quantitative estimate of drug-likeness (QED) is 0.867. The van der Waals surface area contributed by atoms with Crippen molar-refractivity contribution >= 4 is 0 Å². The summed E-state index contributed by atoms with van der Waals surface area (Å²) < 4.78 is 11.2. The Morgan fingerprint density at radius 3 is 3.00 bits per heavy atom. The van der Waals surface area contributed by atoms with Crippen LogP contribution in [-0.4, -0.2) is 29.8 Å². The molecule has 5 nitrogen and oxygen atoms in total. The third-order valence-corrected chi connectivity index (χ3v) is 3.75. The van der Waals surface area contributed by atoms with E-state index in [1.54, 1.807) is 0 Å². The molecule has 0 radical (unpaired) electrons. The standard InChI is InChI=1S/C13H21N3O2/c1-2-17-11(9-5-6-9)12-15-13(18-16-12)10-4-3-7-14-8-10/h9-11,14H,2-8H2,1H3/t10-,11?/m0/s1. The highest BCUT2D eigenvalue weighted by Gasteiger charge is 2.36. The van der Waals surface area contributed by atoms with Crippen LogP contribution in [0.2, 0.25) is 0 Å². The first-order chi connectivity index (χ1) is 8.88. The van der Waals surface area contributed by atoms with E-state index < -0.39 is 0 Å². The summed E-state index contributed by atoms with van der Waals surface area (Å²) in [4.78, 5) is 4.57. The van der Waals surface area contributed by atoms with Crippen LogP contribution in [0.25, 0.3) is 0 Å². The van der Waals surface area contributed by atoms with Crippen molar-refractivity contribution in [2.75, 3.05) is 19.7 Å². The summed E-state index contributed by atoms with van der Waals surface area (Å²) in [7, 11) is 0. The van der Waals surface area contributed by atoms with E-state index in [2.05, 4.69) is 15.5 Å². The van der Waals surface area contributed by atoms with E-state index in [1.807, 2.05) is 6.92 Å². The molecule has 100 valence electrons. The fourth-order valence-electron chi connectivity index (χ4n) is 2.59. The van der Waals surface area contributed by atoms with Crippen molar-refractivity contribution in [3.8, 4) is 0 Å². The Morgan fingerprint density at radius 2 is 2.33 bits per heavy atom. The number of ether oxygens (including phenoxy) is 1. The summed E-state index contributed by atoms with van der Waals surface area (Å²) in [6.45, 7) is 4.77. The molecule has 1 aromatic rings. The lowest BCUT2D eigenvalue weighted by Gasteiger charge is -2.18. The number of aromatic nitrogens is 2. The van der Waals surface area contributed by atoms with Gasteiger partial charge in [0.05, 0.1) is 5.92 Å². The lowest BCUT2D eigenvalue weighted by atomic mass is 10.00. The van der Waals surface area contributed by atoms with Gasteiger partial charge in [-0.25, -0.2) is 0 Å². The topological polar surface area (TPSA) is 60.2 Å². The third-order valence-electron chi connectivity index (χ3n) is 3.75. The number of hydrogen-bond acceptors (Lipinski definition) is 5. The second-order valence-corrected chi connectivity index (χ2v) is 5.25. The fraction of sp³-hybridized carbons (Fsp3) is 0.846. The highest BCUT2D eigenvalue weighted by atomic mass is 16.5. The minimum Gasteiger partial charge on any atom is -0.370 e. The molecular weight excluding hydrogens is 230 g/mol. The van der Waals surface area contributed by atoms with Crippen molar-refractivity contribution in [3.05, 3.63) is 11.7 Å². The van der Waals surface area contributed by atoms with E-state index in [0.29, 0.717) is 18.4 Å². The van der Waals surface area contributed by atoms with Crippen LogP contribution in [0.15, 0.2) is 4.52 Å². The van der Waals surface area contributed by atoms with Gasteiger partial charge in [-0.1, -0.05) is 5.16 Å². The maximum Gasteiger partial charge on any atom is 0.231 e. The lowest BCUT2D eigenvalue weighted by molar-refractivity contribution is 0.0384. The van der Waals surface area contributed by atoms with E-state index in [-0.39, 0.29) is 6.10 Å². The van der Waals surface area contributed by atoms with Gasteiger partial charge in [-0.15, -0.1) is 0 Å². The van der Waals surface area contributed by atoms with Crippen molar-refractivity contribution in [1.82, 2.24) is 15.5 Å². The first-order valence-electron chi connectivity index (χ1n) is 7.04. The smallest absolute Gasteiger partial charge is 0.231 e. The van der Waals surface area contributed by atoms with Gasteiger partial charge in [0.15, 0.2) is 0 Å². The maximum atomic E-state index is 5.75. The Morgan fingerprint density at radius 1 is 1.44 bits per heavy atom. The Hall–Kier alpha value is -0.940. The highest BCUT2D eigenvalue weighted by Crippen LogP contribution is 2.42. The molecule has 1 aliphatic carbocycles. The minimum atomic E-state index is 0.0454. The van der Waals surface area contributed by atoms with Gasteiger partial charge in [-0.3, -0.25) is 0 Å². The van der Waals surface area contributed by atoms with Crippen LogP contribution in [-0.2, 0) is 4.74 Å². The van der Waals surface area contributed by atoms with Gasteiger partial charge < -0.3 is 14.6 Å². The molecule has 0 bridgehead atoms.